The third-order valence-electron chi connectivity index (χ3n) is 6.71. The largest absolute Gasteiger partial charge is 0.348 e. The summed E-state index contributed by atoms with van der Waals surface area (Å²) in [4.78, 5) is 27.4. The Morgan fingerprint density at radius 2 is 1.74 bits per heavy atom. The number of H-pyrrole nitrogens is 1. The molecule has 4 rings (SSSR count). The number of aryl methyl sites for hydroxylation is 1. The minimum Gasteiger partial charge on any atom is -0.348 e. The van der Waals surface area contributed by atoms with Gasteiger partial charge in [0.1, 0.15) is 5.82 Å². The van der Waals surface area contributed by atoms with Gasteiger partial charge in [-0.2, -0.15) is 0 Å². The molecule has 0 spiro atoms. The van der Waals surface area contributed by atoms with Crippen LogP contribution in [0, 0.1) is 6.92 Å². The van der Waals surface area contributed by atoms with Gasteiger partial charge >= 0.3 is 0 Å². The monoisotopic (exact) mass is 530 g/mol. The Bertz CT molecular complexity index is 1280. The lowest BCUT2D eigenvalue weighted by molar-refractivity contribution is 0.102. The van der Waals surface area contributed by atoms with Gasteiger partial charge in [-0.05, 0) is 55.2 Å². The Labute approximate surface area is 229 Å². The molecule has 4 aromatic rings. The highest BCUT2D eigenvalue weighted by molar-refractivity contribution is 7.09. The summed E-state index contributed by atoms with van der Waals surface area (Å²) in [6.07, 6.45) is 7.57. The van der Waals surface area contributed by atoms with E-state index in [1.54, 1.807) is 17.5 Å². The van der Waals surface area contributed by atoms with Crippen molar-refractivity contribution in [2.75, 3.05) is 5.32 Å². The standard InChI is InChI=1S/C30H38N6OS/c1-4-14-30(31,15-5-2)25-10-12-26(13-11-25)35-29(37)24-8-6-23(7-9-24)18-36(20-28-32-16-17-33-28)19-27-21-38-22(3)34-27/h6-13,16-17,21H,4-5,14-15,18-20,31H2,1-3H3,(H,32,33)(H,35,37). The second kappa shape index (κ2) is 13.0. The number of carbonyl (C=O) groups is 1. The van der Waals surface area contributed by atoms with E-state index in [0.717, 1.165) is 72.1 Å². The second-order valence-corrected chi connectivity index (χ2v) is 11.0. The number of hydrogen-bond acceptors (Lipinski definition) is 6. The van der Waals surface area contributed by atoms with E-state index in [-0.39, 0.29) is 11.4 Å². The summed E-state index contributed by atoms with van der Waals surface area (Å²) in [5, 5.41) is 6.18. The number of hydrogen-bond donors (Lipinski definition) is 3. The number of nitrogens with two attached hydrogens (primary N) is 1. The van der Waals surface area contributed by atoms with Gasteiger partial charge in [-0.15, -0.1) is 11.3 Å². The summed E-state index contributed by atoms with van der Waals surface area (Å²) in [5.74, 6) is 0.783. The molecule has 0 unspecified atom stereocenters. The van der Waals surface area contributed by atoms with E-state index in [9.17, 15) is 4.79 Å². The number of thiazole rings is 1. The highest BCUT2D eigenvalue weighted by Gasteiger charge is 2.25. The van der Waals surface area contributed by atoms with Crippen LogP contribution in [0.1, 0.15) is 77.5 Å². The van der Waals surface area contributed by atoms with Crippen LogP contribution in [0.3, 0.4) is 0 Å². The average molecular weight is 531 g/mol. The highest BCUT2D eigenvalue weighted by Crippen LogP contribution is 2.30. The van der Waals surface area contributed by atoms with E-state index in [1.807, 2.05) is 61.7 Å². The van der Waals surface area contributed by atoms with Gasteiger partial charge in [0, 0.05) is 47.7 Å². The summed E-state index contributed by atoms with van der Waals surface area (Å²) >= 11 is 1.66. The van der Waals surface area contributed by atoms with Crippen molar-refractivity contribution in [2.45, 2.75) is 71.6 Å². The molecule has 0 fully saturated rings. The SMILES string of the molecule is CCCC(N)(CCC)c1ccc(NC(=O)c2ccc(CN(Cc3csc(C)n3)Cc3ncc[nH]3)cc2)cc1. The van der Waals surface area contributed by atoms with Gasteiger partial charge in [0.2, 0.25) is 0 Å². The molecule has 2 heterocycles. The maximum Gasteiger partial charge on any atom is 0.255 e. The minimum absolute atomic E-state index is 0.129. The molecular formula is C30H38N6OS. The van der Waals surface area contributed by atoms with Crippen LogP contribution in [0.5, 0.6) is 0 Å². The molecule has 38 heavy (non-hydrogen) atoms. The number of amides is 1. The summed E-state index contributed by atoms with van der Waals surface area (Å²) in [6.45, 7) is 8.47. The number of anilines is 1. The van der Waals surface area contributed by atoms with Gasteiger partial charge in [0.15, 0.2) is 0 Å². The molecule has 7 nitrogen and oxygen atoms in total. The lowest BCUT2D eigenvalue weighted by Crippen LogP contribution is -2.36. The van der Waals surface area contributed by atoms with Crippen molar-refractivity contribution < 1.29 is 4.79 Å². The number of carbonyl (C=O) groups excluding carboxylic acids is 1. The van der Waals surface area contributed by atoms with E-state index in [0.29, 0.717) is 12.1 Å². The lowest BCUT2D eigenvalue weighted by atomic mass is 9.83. The Morgan fingerprint density at radius 3 is 2.32 bits per heavy atom. The van der Waals surface area contributed by atoms with Crippen LogP contribution in [-0.2, 0) is 25.2 Å². The summed E-state index contributed by atoms with van der Waals surface area (Å²) in [7, 11) is 0. The first-order chi connectivity index (χ1) is 18.4. The molecule has 0 saturated heterocycles. The molecule has 0 radical (unpaired) electrons. The first-order valence-corrected chi connectivity index (χ1v) is 14.2. The van der Waals surface area contributed by atoms with Crippen molar-refractivity contribution in [2.24, 2.45) is 5.73 Å². The fourth-order valence-electron chi connectivity index (χ4n) is 4.89. The molecule has 1 amide bonds. The maximum atomic E-state index is 12.9. The minimum atomic E-state index is -0.314. The van der Waals surface area contributed by atoms with Crippen molar-refractivity contribution >= 4 is 22.9 Å². The van der Waals surface area contributed by atoms with Crippen molar-refractivity contribution in [3.8, 4) is 0 Å². The second-order valence-electron chi connectivity index (χ2n) is 9.92. The van der Waals surface area contributed by atoms with Gasteiger partial charge in [-0.25, -0.2) is 9.97 Å². The molecule has 200 valence electrons. The smallest absolute Gasteiger partial charge is 0.255 e. The van der Waals surface area contributed by atoms with Gasteiger partial charge in [0.25, 0.3) is 5.91 Å². The third-order valence-corrected chi connectivity index (χ3v) is 7.53. The van der Waals surface area contributed by atoms with E-state index in [2.05, 4.69) is 44.4 Å². The van der Waals surface area contributed by atoms with Crippen LogP contribution in [0.2, 0.25) is 0 Å². The zero-order valence-electron chi connectivity index (χ0n) is 22.5. The quantitative estimate of drug-likeness (QED) is 0.186. The maximum absolute atomic E-state index is 12.9. The number of aromatic nitrogens is 3. The Morgan fingerprint density at radius 1 is 1.03 bits per heavy atom. The molecule has 2 aromatic carbocycles. The Kier molecular flexibility index (Phi) is 9.44. The Balaban J connectivity index is 1.39. The fraction of sp³-hybridized carbons (Fsp3) is 0.367. The molecule has 0 bridgehead atoms. The van der Waals surface area contributed by atoms with Crippen molar-refractivity contribution in [1.82, 2.24) is 19.9 Å². The Hall–Kier alpha value is -3.33. The summed E-state index contributed by atoms with van der Waals surface area (Å²) < 4.78 is 0. The molecule has 8 heteroatoms. The molecule has 0 aliphatic carbocycles. The topological polar surface area (TPSA) is 99.9 Å². The van der Waals surface area contributed by atoms with Crippen LogP contribution in [-0.4, -0.2) is 25.8 Å². The third kappa shape index (κ3) is 7.37. The van der Waals surface area contributed by atoms with E-state index in [4.69, 9.17) is 5.73 Å². The average Bonchev–Trinajstić information content (AvgIpc) is 3.56. The molecule has 0 aliphatic heterocycles. The predicted molar refractivity (Wildman–Crippen MR) is 155 cm³/mol. The van der Waals surface area contributed by atoms with E-state index in [1.165, 1.54) is 0 Å². The fourth-order valence-corrected chi connectivity index (χ4v) is 5.49. The van der Waals surface area contributed by atoms with Crippen LogP contribution in [0.4, 0.5) is 5.69 Å². The molecular weight excluding hydrogens is 492 g/mol. The normalized spacial score (nSPS) is 11.7. The predicted octanol–water partition coefficient (Wildman–Crippen LogP) is 6.38. The zero-order valence-corrected chi connectivity index (χ0v) is 23.4. The van der Waals surface area contributed by atoms with Crippen molar-refractivity contribution in [3.63, 3.8) is 0 Å². The highest BCUT2D eigenvalue weighted by atomic mass is 32.1. The summed E-state index contributed by atoms with van der Waals surface area (Å²) in [6, 6.07) is 15.8. The molecule has 0 atom stereocenters. The van der Waals surface area contributed by atoms with Gasteiger partial charge in [-0.1, -0.05) is 51.0 Å². The van der Waals surface area contributed by atoms with Gasteiger partial charge in [0.05, 0.1) is 17.2 Å². The number of benzene rings is 2. The zero-order chi connectivity index (χ0) is 27.0. The van der Waals surface area contributed by atoms with E-state index < -0.39 is 0 Å². The molecule has 4 N–H and O–H groups in total. The lowest BCUT2D eigenvalue weighted by Gasteiger charge is -2.29. The van der Waals surface area contributed by atoms with E-state index >= 15 is 0 Å². The van der Waals surface area contributed by atoms with Crippen LogP contribution < -0.4 is 11.1 Å². The number of nitrogens with one attached hydrogen (secondary N) is 2. The van der Waals surface area contributed by atoms with Crippen LogP contribution >= 0.6 is 11.3 Å². The van der Waals surface area contributed by atoms with Gasteiger partial charge in [-0.3, -0.25) is 9.69 Å². The first-order valence-electron chi connectivity index (χ1n) is 13.3. The molecule has 2 aromatic heterocycles. The molecule has 0 saturated carbocycles. The van der Waals surface area contributed by atoms with Crippen molar-refractivity contribution in [1.29, 1.82) is 0 Å². The van der Waals surface area contributed by atoms with Crippen molar-refractivity contribution in [3.05, 3.63) is 99.5 Å². The van der Waals surface area contributed by atoms with Crippen LogP contribution in [0.15, 0.2) is 66.3 Å². The van der Waals surface area contributed by atoms with Crippen LogP contribution in [0.25, 0.3) is 0 Å². The first kappa shape index (κ1) is 27.7. The number of rotatable bonds is 13. The molecule has 0 aliphatic rings. The number of imidazole rings is 1. The van der Waals surface area contributed by atoms with Gasteiger partial charge < -0.3 is 16.0 Å². The summed E-state index contributed by atoms with van der Waals surface area (Å²) in [5.41, 5.74) is 11.1. The number of aromatic amines is 1. The number of nitrogens with zero attached hydrogens (tertiary/aromatic N) is 3.